The van der Waals surface area contributed by atoms with Gasteiger partial charge in [0.1, 0.15) is 11.6 Å². The second-order valence-electron chi connectivity index (χ2n) is 7.48. The number of aryl methyl sites for hydroxylation is 1. The molecule has 148 valence electrons. The van der Waals surface area contributed by atoms with Crippen molar-refractivity contribution >= 4 is 17.8 Å². The van der Waals surface area contributed by atoms with Crippen LogP contribution < -0.4 is 5.32 Å². The number of benzene rings is 1. The number of carbonyl (C=O) groups is 3. The molecule has 1 amide bonds. The van der Waals surface area contributed by atoms with Gasteiger partial charge in [0, 0.05) is 6.54 Å². The number of carboxylic acid groups (broad SMARTS) is 2. The van der Waals surface area contributed by atoms with Gasteiger partial charge in [-0.3, -0.25) is 14.9 Å². The number of hydrogen-bond acceptors (Lipinski definition) is 4. The number of nitrogens with one attached hydrogen (secondary N) is 1. The molecule has 2 atom stereocenters. The maximum Gasteiger partial charge on any atom is 0.329 e. The zero-order chi connectivity index (χ0) is 20.0. The molecule has 2 rings (SSSR count). The number of rotatable bonds is 8. The van der Waals surface area contributed by atoms with Gasteiger partial charge in [-0.15, -0.1) is 0 Å². The molecule has 1 unspecified atom stereocenters. The molecule has 1 fully saturated rings. The first-order valence-corrected chi connectivity index (χ1v) is 9.31. The number of amides is 1. The van der Waals surface area contributed by atoms with Crippen LogP contribution in [0, 0.1) is 0 Å². The SMILES string of the molecule is CC(C)(C(=O)O)N1CCCC[C@H](NC(CCc2ccccc2)C(=O)O)C1=O. The van der Waals surface area contributed by atoms with Gasteiger partial charge < -0.3 is 15.1 Å². The monoisotopic (exact) mass is 376 g/mol. The van der Waals surface area contributed by atoms with E-state index in [-0.39, 0.29) is 5.91 Å². The summed E-state index contributed by atoms with van der Waals surface area (Å²) in [5.74, 6) is -2.42. The first kappa shape index (κ1) is 20.9. The van der Waals surface area contributed by atoms with E-state index in [0.29, 0.717) is 32.2 Å². The van der Waals surface area contributed by atoms with Gasteiger partial charge in [0.15, 0.2) is 0 Å². The van der Waals surface area contributed by atoms with Crippen LogP contribution in [0.5, 0.6) is 0 Å². The van der Waals surface area contributed by atoms with Gasteiger partial charge >= 0.3 is 11.9 Å². The van der Waals surface area contributed by atoms with Gasteiger partial charge in [-0.2, -0.15) is 0 Å². The largest absolute Gasteiger partial charge is 0.480 e. The van der Waals surface area contributed by atoms with Crippen LogP contribution >= 0.6 is 0 Å². The summed E-state index contributed by atoms with van der Waals surface area (Å²) in [7, 11) is 0. The molecule has 0 saturated carbocycles. The summed E-state index contributed by atoms with van der Waals surface area (Å²) < 4.78 is 0. The molecule has 0 aromatic heterocycles. The van der Waals surface area contributed by atoms with E-state index in [9.17, 15) is 24.6 Å². The smallest absolute Gasteiger partial charge is 0.329 e. The van der Waals surface area contributed by atoms with Crippen LogP contribution in [-0.2, 0) is 20.8 Å². The first-order valence-electron chi connectivity index (χ1n) is 9.31. The van der Waals surface area contributed by atoms with E-state index in [1.165, 1.54) is 18.7 Å². The molecule has 7 nitrogen and oxygen atoms in total. The van der Waals surface area contributed by atoms with Gasteiger partial charge in [0.2, 0.25) is 5.91 Å². The van der Waals surface area contributed by atoms with E-state index in [2.05, 4.69) is 5.32 Å². The lowest BCUT2D eigenvalue weighted by molar-refractivity contribution is -0.157. The van der Waals surface area contributed by atoms with Crippen molar-refractivity contribution in [3.8, 4) is 0 Å². The number of carboxylic acids is 2. The average Bonchev–Trinajstić information content (AvgIpc) is 2.81. The zero-order valence-electron chi connectivity index (χ0n) is 15.9. The van der Waals surface area contributed by atoms with Gasteiger partial charge in [-0.05, 0) is 51.5 Å². The van der Waals surface area contributed by atoms with Crippen LogP contribution in [0.3, 0.4) is 0 Å². The number of hydrogen-bond donors (Lipinski definition) is 3. The van der Waals surface area contributed by atoms with E-state index in [4.69, 9.17) is 0 Å². The average molecular weight is 376 g/mol. The third kappa shape index (κ3) is 5.29. The van der Waals surface area contributed by atoms with Gasteiger partial charge in [-0.1, -0.05) is 30.3 Å². The Hall–Kier alpha value is -2.41. The molecule has 3 N–H and O–H groups in total. The maximum absolute atomic E-state index is 12.9. The summed E-state index contributed by atoms with van der Waals surface area (Å²) in [6.45, 7) is 3.36. The number of aliphatic carboxylic acids is 2. The van der Waals surface area contributed by atoms with E-state index < -0.39 is 29.6 Å². The highest BCUT2D eigenvalue weighted by atomic mass is 16.4. The van der Waals surface area contributed by atoms with Crippen molar-refractivity contribution in [3.63, 3.8) is 0 Å². The first-order chi connectivity index (χ1) is 12.7. The van der Waals surface area contributed by atoms with Crippen LogP contribution in [0.15, 0.2) is 30.3 Å². The second kappa shape index (κ2) is 8.99. The Bertz CT molecular complexity index is 674. The normalized spacial score (nSPS) is 19.4. The zero-order valence-corrected chi connectivity index (χ0v) is 15.9. The summed E-state index contributed by atoms with van der Waals surface area (Å²) in [6, 6.07) is 8.02. The predicted octanol–water partition coefficient (Wildman–Crippen LogP) is 1.91. The summed E-state index contributed by atoms with van der Waals surface area (Å²) in [5.41, 5.74) is -0.296. The number of carbonyl (C=O) groups excluding carboxylic acids is 1. The van der Waals surface area contributed by atoms with Crippen LogP contribution in [-0.4, -0.2) is 57.1 Å². The molecule has 1 aliphatic rings. The molecular weight excluding hydrogens is 348 g/mol. The molecule has 1 aromatic carbocycles. The Labute approximate surface area is 159 Å². The minimum Gasteiger partial charge on any atom is -0.480 e. The van der Waals surface area contributed by atoms with Crippen LogP contribution in [0.4, 0.5) is 0 Å². The number of likely N-dealkylation sites (tertiary alicyclic amines) is 1. The third-order valence-corrected chi connectivity index (χ3v) is 5.15. The van der Waals surface area contributed by atoms with Gasteiger partial charge in [0.25, 0.3) is 0 Å². The quantitative estimate of drug-likeness (QED) is 0.640. The lowest BCUT2D eigenvalue weighted by Gasteiger charge is -2.36. The molecule has 1 saturated heterocycles. The molecule has 27 heavy (non-hydrogen) atoms. The van der Waals surface area contributed by atoms with E-state index in [1.807, 2.05) is 30.3 Å². The molecule has 0 bridgehead atoms. The van der Waals surface area contributed by atoms with Gasteiger partial charge in [0.05, 0.1) is 6.04 Å². The molecule has 0 radical (unpaired) electrons. The number of nitrogens with zero attached hydrogens (tertiary/aromatic N) is 1. The molecule has 7 heteroatoms. The highest BCUT2D eigenvalue weighted by molar-refractivity contribution is 5.89. The highest BCUT2D eigenvalue weighted by Crippen LogP contribution is 2.22. The summed E-state index contributed by atoms with van der Waals surface area (Å²) in [6.07, 6.45) is 2.87. The van der Waals surface area contributed by atoms with Crippen molar-refractivity contribution in [2.45, 2.75) is 63.6 Å². The van der Waals surface area contributed by atoms with Crippen LogP contribution in [0.2, 0.25) is 0 Å². The minimum absolute atomic E-state index is 0.342. The predicted molar refractivity (Wildman–Crippen MR) is 100 cm³/mol. The summed E-state index contributed by atoms with van der Waals surface area (Å²) in [4.78, 5) is 37.6. The fourth-order valence-electron chi connectivity index (χ4n) is 3.34. The molecule has 1 aliphatic heterocycles. The van der Waals surface area contributed by atoms with Crippen LogP contribution in [0.1, 0.15) is 45.1 Å². The summed E-state index contributed by atoms with van der Waals surface area (Å²) in [5, 5.41) is 22.0. The molecule has 0 aliphatic carbocycles. The Balaban J connectivity index is 2.09. The Morgan fingerprint density at radius 3 is 2.48 bits per heavy atom. The van der Waals surface area contributed by atoms with E-state index >= 15 is 0 Å². The lowest BCUT2D eigenvalue weighted by atomic mass is 10.0. The maximum atomic E-state index is 12.9. The Kier molecular flexibility index (Phi) is 6.96. The van der Waals surface area contributed by atoms with Crippen molar-refractivity contribution in [3.05, 3.63) is 35.9 Å². The van der Waals surface area contributed by atoms with Crippen molar-refractivity contribution < 1.29 is 24.6 Å². The highest BCUT2D eigenvalue weighted by Gasteiger charge is 2.41. The topological polar surface area (TPSA) is 107 Å². The molecule has 1 heterocycles. The Morgan fingerprint density at radius 2 is 1.89 bits per heavy atom. The van der Waals surface area contributed by atoms with E-state index in [0.717, 1.165) is 12.0 Å². The standard InChI is InChI=1S/C20H28N2O5/c1-20(2,19(26)27)22-13-7-6-10-15(17(22)23)21-16(18(24)25)12-11-14-8-4-3-5-9-14/h3-5,8-9,15-16,21H,6-7,10-13H2,1-2H3,(H,24,25)(H,26,27)/t15-,16?/m0/s1. The lowest BCUT2D eigenvalue weighted by Crippen LogP contribution is -2.59. The Morgan fingerprint density at radius 1 is 1.22 bits per heavy atom. The molecular formula is C20H28N2O5. The van der Waals surface area contributed by atoms with E-state index in [1.54, 1.807) is 0 Å². The van der Waals surface area contributed by atoms with Crippen molar-refractivity contribution in [2.75, 3.05) is 6.54 Å². The third-order valence-electron chi connectivity index (χ3n) is 5.15. The van der Waals surface area contributed by atoms with Crippen LogP contribution in [0.25, 0.3) is 0 Å². The molecule has 1 aromatic rings. The van der Waals surface area contributed by atoms with Crippen molar-refractivity contribution in [1.82, 2.24) is 10.2 Å². The second-order valence-corrected chi connectivity index (χ2v) is 7.48. The van der Waals surface area contributed by atoms with Gasteiger partial charge in [-0.25, -0.2) is 4.79 Å². The minimum atomic E-state index is -1.33. The van der Waals surface area contributed by atoms with Crippen molar-refractivity contribution in [1.29, 1.82) is 0 Å². The van der Waals surface area contributed by atoms with Crippen molar-refractivity contribution in [2.24, 2.45) is 0 Å². The fourth-order valence-corrected chi connectivity index (χ4v) is 3.34. The molecule has 0 spiro atoms. The summed E-state index contributed by atoms with van der Waals surface area (Å²) >= 11 is 0. The fraction of sp³-hybridized carbons (Fsp3) is 0.550.